The fourth-order valence-electron chi connectivity index (χ4n) is 3.26. The van der Waals surface area contributed by atoms with E-state index in [-0.39, 0.29) is 0 Å². The highest BCUT2D eigenvalue weighted by atomic mass is 15.3. The third-order valence-corrected chi connectivity index (χ3v) is 4.76. The van der Waals surface area contributed by atoms with Crippen molar-refractivity contribution < 1.29 is 0 Å². The zero-order valence-corrected chi connectivity index (χ0v) is 15.1. The monoisotopic (exact) mass is 323 g/mol. The lowest BCUT2D eigenvalue weighted by atomic mass is 10.0. The number of rotatable bonds is 5. The van der Waals surface area contributed by atoms with Crippen LogP contribution in [0.2, 0.25) is 0 Å². The van der Waals surface area contributed by atoms with Gasteiger partial charge in [-0.15, -0.1) is 0 Å². The Bertz CT molecular complexity index is 816. The van der Waals surface area contributed by atoms with Crippen molar-refractivity contribution in [3.63, 3.8) is 0 Å². The van der Waals surface area contributed by atoms with Crippen LogP contribution in [-0.4, -0.2) is 31.5 Å². The van der Waals surface area contributed by atoms with Crippen molar-refractivity contribution in [2.45, 2.75) is 33.4 Å². The topological polar surface area (TPSA) is 38.9 Å². The maximum absolute atomic E-state index is 4.55. The summed E-state index contributed by atoms with van der Waals surface area (Å²) >= 11 is 0. The molecule has 1 atom stereocenters. The molecular weight excluding hydrogens is 298 g/mol. The lowest BCUT2D eigenvalue weighted by Gasteiger charge is -2.25. The standard InChI is InChI=1S/C19H25N5/c1-14-19(16(3)23(5)21-14)15(2)22(4)13-17-8-6-9-18(12-17)24-11-7-10-20-24/h6-12,15H,13H2,1-5H3/t15-/m0/s1. The van der Waals surface area contributed by atoms with Gasteiger partial charge >= 0.3 is 0 Å². The number of nitrogens with zero attached hydrogens (tertiary/aromatic N) is 5. The Hall–Kier alpha value is -2.40. The highest BCUT2D eigenvalue weighted by Gasteiger charge is 2.20. The molecule has 0 spiro atoms. The van der Waals surface area contributed by atoms with Gasteiger partial charge in [0.05, 0.1) is 11.4 Å². The summed E-state index contributed by atoms with van der Waals surface area (Å²) in [6, 6.07) is 10.8. The first-order valence-electron chi connectivity index (χ1n) is 8.26. The molecule has 2 aromatic heterocycles. The third kappa shape index (κ3) is 3.12. The SMILES string of the molecule is Cc1nn(C)c(C)c1[C@H](C)N(C)Cc1cccc(-n2cccn2)c1. The fourth-order valence-corrected chi connectivity index (χ4v) is 3.26. The van der Waals surface area contributed by atoms with Gasteiger partial charge in [-0.3, -0.25) is 9.58 Å². The molecule has 5 heteroatoms. The fraction of sp³-hybridized carbons (Fsp3) is 0.368. The second-order valence-electron chi connectivity index (χ2n) is 6.42. The molecule has 3 aromatic rings. The first-order valence-corrected chi connectivity index (χ1v) is 8.26. The number of aryl methyl sites for hydroxylation is 2. The quantitative estimate of drug-likeness (QED) is 0.722. The second kappa shape index (κ2) is 6.61. The van der Waals surface area contributed by atoms with Gasteiger partial charge in [0.2, 0.25) is 0 Å². The number of hydrogen-bond acceptors (Lipinski definition) is 3. The van der Waals surface area contributed by atoms with Crippen molar-refractivity contribution >= 4 is 0 Å². The summed E-state index contributed by atoms with van der Waals surface area (Å²) in [5.41, 5.74) is 6.03. The predicted molar refractivity (Wildman–Crippen MR) is 96.1 cm³/mol. The Morgan fingerprint density at radius 2 is 2.00 bits per heavy atom. The Kier molecular flexibility index (Phi) is 4.53. The average Bonchev–Trinajstić information content (AvgIpc) is 3.16. The normalized spacial score (nSPS) is 12.8. The first-order chi connectivity index (χ1) is 11.5. The molecule has 0 radical (unpaired) electrons. The third-order valence-electron chi connectivity index (χ3n) is 4.76. The van der Waals surface area contributed by atoms with Crippen LogP contribution in [0.5, 0.6) is 0 Å². The molecular formula is C19H25N5. The Morgan fingerprint density at radius 3 is 2.62 bits per heavy atom. The summed E-state index contributed by atoms with van der Waals surface area (Å²) in [6.07, 6.45) is 3.77. The molecule has 0 N–H and O–H groups in total. The van der Waals surface area contributed by atoms with E-state index >= 15 is 0 Å². The van der Waals surface area contributed by atoms with E-state index in [0.29, 0.717) is 6.04 Å². The number of aromatic nitrogens is 4. The molecule has 0 amide bonds. The Morgan fingerprint density at radius 1 is 1.21 bits per heavy atom. The summed E-state index contributed by atoms with van der Waals surface area (Å²) in [5, 5.41) is 8.85. The van der Waals surface area contributed by atoms with Crippen LogP contribution in [0.25, 0.3) is 5.69 Å². The molecule has 0 saturated carbocycles. The molecule has 1 aromatic carbocycles. The molecule has 0 bridgehead atoms. The van der Waals surface area contributed by atoms with Gasteiger partial charge in [-0.05, 0) is 51.6 Å². The van der Waals surface area contributed by atoms with Crippen molar-refractivity contribution in [1.29, 1.82) is 0 Å². The van der Waals surface area contributed by atoms with Crippen molar-refractivity contribution in [3.05, 3.63) is 65.2 Å². The summed E-state index contributed by atoms with van der Waals surface area (Å²) in [7, 11) is 4.17. The first kappa shape index (κ1) is 16.5. The van der Waals surface area contributed by atoms with E-state index < -0.39 is 0 Å². The minimum Gasteiger partial charge on any atom is -0.295 e. The molecule has 0 aliphatic heterocycles. The minimum atomic E-state index is 0.312. The smallest absolute Gasteiger partial charge is 0.0648 e. The molecule has 2 heterocycles. The van der Waals surface area contributed by atoms with Crippen molar-refractivity contribution in [3.8, 4) is 5.69 Å². The van der Waals surface area contributed by atoms with Gasteiger partial charge in [-0.25, -0.2) is 4.68 Å². The molecule has 0 saturated heterocycles. The molecule has 0 unspecified atom stereocenters. The molecule has 0 aliphatic carbocycles. The summed E-state index contributed by atoms with van der Waals surface area (Å²) < 4.78 is 3.86. The van der Waals surface area contributed by atoms with Crippen LogP contribution < -0.4 is 0 Å². The van der Waals surface area contributed by atoms with Gasteiger partial charge in [0.25, 0.3) is 0 Å². The van der Waals surface area contributed by atoms with Gasteiger partial charge in [-0.2, -0.15) is 10.2 Å². The summed E-state index contributed by atoms with van der Waals surface area (Å²) in [6.45, 7) is 7.35. The van der Waals surface area contributed by atoms with E-state index in [9.17, 15) is 0 Å². The lowest BCUT2D eigenvalue weighted by Crippen LogP contribution is -2.23. The molecule has 24 heavy (non-hydrogen) atoms. The maximum Gasteiger partial charge on any atom is 0.0648 e. The zero-order chi connectivity index (χ0) is 17.3. The minimum absolute atomic E-state index is 0.312. The molecule has 5 nitrogen and oxygen atoms in total. The van der Waals surface area contributed by atoms with Crippen LogP contribution in [0.3, 0.4) is 0 Å². The summed E-state index contributed by atoms with van der Waals surface area (Å²) in [4.78, 5) is 2.36. The zero-order valence-electron chi connectivity index (χ0n) is 15.1. The lowest BCUT2D eigenvalue weighted by molar-refractivity contribution is 0.251. The van der Waals surface area contributed by atoms with E-state index in [1.807, 2.05) is 28.7 Å². The van der Waals surface area contributed by atoms with Crippen LogP contribution in [0.1, 0.15) is 35.5 Å². The van der Waals surface area contributed by atoms with E-state index in [2.05, 4.69) is 67.2 Å². The second-order valence-corrected chi connectivity index (χ2v) is 6.42. The molecule has 0 fully saturated rings. The van der Waals surface area contributed by atoms with E-state index in [4.69, 9.17) is 0 Å². The molecule has 3 rings (SSSR count). The molecule has 126 valence electrons. The van der Waals surface area contributed by atoms with Crippen LogP contribution >= 0.6 is 0 Å². The van der Waals surface area contributed by atoms with Crippen LogP contribution in [0, 0.1) is 13.8 Å². The maximum atomic E-state index is 4.55. The highest BCUT2D eigenvalue weighted by Crippen LogP contribution is 2.26. The number of hydrogen-bond donors (Lipinski definition) is 0. The van der Waals surface area contributed by atoms with Crippen LogP contribution in [0.15, 0.2) is 42.7 Å². The van der Waals surface area contributed by atoms with Gasteiger partial charge < -0.3 is 0 Å². The van der Waals surface area contributed by atoms with Crippen molar-refractivity contribution in [2.24, 2.45) is 7.05 Å². The van der Waals surface area contributed by atoms with E-state index in [1.54, 1.807) is 6.20 Å². The van der Waals surface area contributed by atoms with E-state index in [1.165, 1.54) is 16.8 Å². The predicted octanol–water partition coefficient (Wildman–Crippen LogP) is 3.42. The van der Waals surface area contributed by atoms with Gasteiger partial charge in [0.1, 0.15) is 0 Å². The van der Waals surface area contributed by atoms with Crippen molar-refractivity contribution in [2.75, 3.05) is 7.05 Å². The summed E-state index contributed by atoms with van der Waals surface area (Å²) in [5.74, 6) is 0. The van der Waals surface area contributed by atoms with Crippen LogP contribution in [-0.2, 0) is 13.6 Å². The van der Waals surface area contributed by atoms with E-state index in [0.717, 1.165) is 17.9 Å². The Balaban J connectivity index is 1.79. The van der Waals surface area contributed by atoms with Gasteiger partial charge in [0.15, 0.2) is 0 Å². The highest BCUT2D eigenvalue weighted by molar-refractivity contribution is 5.35. The van der Waals surface area contributed by atoms with Crippen LogP contribution in [0.4, 0.5) is 0 Å². The molecule has 0 aliphatic rings. The largest absolute Gasteiger partial charge is 0.295 e. The van der Waals surface area contributed by atoms with Crippen molar-refractivity contribution in [1.82, 2.24) is 24.5 Å². The number of benzene rings is 1. The average molecular weight is 323 g/mol. The van der Waals surface area contributed by atoms with Gasteiger partial charge in [-0.1, -0.05) is 12.1 Å². The van der Waals surface area contributed by atoms with Gasteiger partial charge in [0, 0.05) is 43.3 Å². The Labute approximate surface area is 143 Å².